The summed E-state index contributed by atoms with van der Waals surface area (Å²) in [5, 5.41) is 9.32. The smallest absolute Gasteiger partial charge is 0.308 e. The molecule has 0 radical (unpaired) electrons. The lowest BCUT2D eigenvalue weighted by atomic mass is 9.88. The maximum absolute atomic E-state index is 13.0. The molecular weight excluding hydrogens is 332 g/mol. The van der Waals surface area contributed by atoms with Crippen molar-refractivity contribution in [1.29, 1.82) is 0 Å². The van der Waals surface area contributed by atoms with Gasteiger partial charge in [0.15, 0.2) is 0 Å². The van der Waals surface area contributed by atoms with Crippen LogP contribution in [0.4, 0.5) is 0 Å². The van der Waals surface area contributed by atoms with Crippen LogP contribution in [0.15, 0.2) is 30.3 Å². The second-order valence-electron chi connectivity index (χ2n) is 7.58. The van der Waals surface area contributed by atoms with Crippen molar-refractivity contribution in [2.24, 2.45) is 17.8 Å². The number of benzene rings is 1. The number of carbonyl (C=O) groups is 3. The largest absolute Gasteiger partial charge is 0.481 e. The molecule has 26 heavy (non-hydrogen) atoms. The molecule has 0 spiro atoms. The van der Waals surface area contributed by atoms with Crippen LogP contribution in [-0.4, -0.2) is 58.9 Å². The van der Waals surface area contributed by atoms with E-state index in [1.165, 1.54) is 0 Å². The van der Waals surface area contributed by atoms with Gasteiger partial charge in [0.05, 0.1) is 11.8 Å². The Labute approximate surface area is 153 Å². The Bertz CT molecular complexity index is 676. The summed E-state index contributed by atoms with van der Waals surface area (Å²) in [6, 6.07) is 9.12. The van der Waals surface area contributed by atoms with Crippen molar-refractivity contribution in [3.05, 3.63) is 35.9 Å². The predicted molar refractivity (Wildman–Crippen MR) is 96.6 cm³/mol. The van der Waals surface area contributed by atoms with Gasteiger partial charge in [0.1, 0.15) is 0 Å². The zero-order valence-electron chi connectivity index (χ0n) is 15.1. The molecule has 3 atom stereocenters. The van der Waals surface area contributed by atoms with Crippen molar-refractivity contribution in [2.75, 3.05) is 26.2 Å². The van der Waals surface area contributed by atoms with Gasteiger partial charge in [0.2, 0.25) is 5.91 Å². The second-order valence-corrected chi connectivity index (χ2v) is 7.58. The average Bonchev–Trinajstić information content (AvgIpc) is 2.67. The van der Waals surface area contributed by atoms with Crippen molar-refractivity contribution >= 4 is 17.8 Å². The van der Waals surface area contributed by atoms with E-state index in [0.717, 1.165) is 12.8 Å². The van der Waals surface area contributed by atoms with E-state index >= 15 is 0 Å². The number of amides is 2. The maximum Gasteiger partial charge on any atom is 0.308 e. The molecule has 1 N–H and O–H groups in total. The molecule has 2 heterocycles. The van der Waals surface area contributed by atoms with Crippen molar-refractivity contribution in [3.8, 4) is 0 Å². The topological polar surface area (TPSA) is 77.9 Å². The molecule has 0 bridgehead atoms. The van der Waals surface area contributed by atoms with Crippen LogP contribution in [0.3, 0.4) is 0 Å². The van der Waals surface area contributed by atoms with Crippen LogP contribution in [0, 0.1) is 17.8 Å². The molecule has 3 unspecified atom stereocenters. The normalized spacial score (nSPS) is 26.4. The number of likely N-dealkylation sites (tertiary alicyclic amines) is 2. The minimum Gasteiger partial charge on any atom is -0.481 e. The number of carboxylic acid groups (broad SMARTS) is 1. The van der Waals surface area contributed by atoms with Gasteiger partial charge in [-0.1, -0.05) is 25.1 Å². The molecule has 1 aromatic carbocycles. The molecule has 3 rings (SSSR count). The molecule has 2 fully saturated rings. The van der Waals surface area contributed by atoms with Gasteiger partial charge >= 0.3 is 5.97 Å². The molecule has 2 aliphatic heterocycles. The van der Waals surface area contributed by atoms with Gasteiger partial charge in [-0.15, -0.1) is 0 Å². The first kappa shape index (κ1) is 18.4. The molecule has 0 aromatic heterocycles. The molecule has 0 aliphatic carbocycles. The van der Waals surface area contributed by atoms with Crippen LogP contribution in [0.25, 0.3) is 0 Å². The van der Waals surface area contributed by atoms with Crippen LogP contribution in [0.5, 0.6) is 0 Å². The van der Waals surface area contributed by atoms with Gasteiger partial charge in [-0.05, 0) is 37.3 Å². The van der Waals surface area contributed by atoms with Gasteiger partial charge in [0.25, 0.3) is 5.91 Å². The predicted octanol–water partition coefficient (Wildman–Crippen LogP) is 2.11. The van der Waals surface area contributed by atoms with E-state index in [9.17, 15) is 19.5 Å². The van der Waals surface area contributed by atoms with Crippen LogP contribution in [0.1, 0.15) is 36.5 Å². The SMILES string of the molecule is CC1CC(C(=O)O)CN(C(=O)C2CCCN(C(=O)c3ccccc3)C2)C1. The number of piperidine rings is 2. The fraction of sp³-hybridized carbons (Fsp3) is 0.550. The molecule has 2 amide bonds. The van der Waals surface area contributed by atoms with Gasteiger partial charge in [-0.3, -0.25) is 14.4 Å². The van der Waals surface area contributed by atoms with Crippen LogP contribution in [0.2, 0.25) is 0 Å². The summed E-state index contributed by atoms with van der Waals surface area (Å²) < 4.78 is 0. The number of hydrogen-bond acceptors (Lipinski definition) is 3. The van der Waals surface area contributed by atoms with Crippen molar-refractivity contribution < 1.29 is 19.5 Å². The maximum atomic E-state index is 13.0. The van der Waals surface area contributed by atoms with Crippen molar-refractivity contribution in [2.45, 2.75) is 26.2 Å². The Morgan fingerprint density at radius 1 is 1.00 bits per heavy atom. The highest BCUT2D eigenvalue weighted by atomic mass is 16.4. The third kappa shape index (κ3) is 4.06. The minimum atomic E-state index is -0.834. The molecule has 6 heteroatoms. The van der Waals surface area contributed by atoms with E-state index in [0.29, 0.717) is 31.6 Å². The zero-order chi connectivity index (χ0) is 18.7. The molecule has 1 aromatic rings. The van der Waals surface area contributed by atoms with E-state index in [-0.39, 0.29) is 30.2 Å². The number of carboxylic acids is 1. The summed E-state index contributed by atoms with van der Waals surface area (Å²) in [5.41, 5.74) is 0.637. The van der Waals surface area contributed by atoms with Gasteiger partial charge in [-0.25, -0.2) is 0 Å². The lowest BCUT2D eigenvalue weighted by Gasteiger charge is -2.39. The van der Waals surface area contributed by atoms with Gasteiger partial charge < -0.3 is 14.9 Å². The Morgan fingerprint density at radius 2 is 1.69 bits per heavy atom. The lowest BCUT2D eigenvalue weighted by Crippen LogP contribution is -2.51. The fourth-order valence-corrected chi connectivity index (χ4v) is 4.10. The number of nitrogens with zero attached hydrogens (tertiary/aromatic N) is 2. The molecule has 2 aliphatic rings. The number of aliphatic carboxylic acids is 1. The van der Waals surface area contributed by atoms with E-state index in [4.69, 9.17) is 0 Å². The Hall–Kier alpha value is -2.37. The Morgan fingerprint density at radius 3 is 2.38 bits per heavy atom. The summed E-state index contributed by atoms with van der Waals surface area (Å²) in [6.07, 6.45) is 2.16. The second kappa shape index (κ2) is 7.89. The molecule has 0 saturated carbocycles. The lowest BCUT2D eigenvalue weighted by molar-refractivity contribution is -0.148. The number of carbonyl (C=O) groups excluding carboxylic acids is 2. The molecule has 2 saturated heterocycles. The Kier molecular flexibility index (Phi) is 5.59. The van der Waals surface area contributed by atoms with Crippen LogP contribution in [-0.2, 0) is 9.59 Å². The van der Waals surface area contributed by atoms with E-state index in [2.05, 4.69) is 0 Å². The third-order valence-electron chi connectivity index (χ3n) is 5.40. The first-order valence-corrected chi connectivity index (χ1v) is 9.31. The average molecular weight is 358 g/mol. The Balaban J connectivity index is 1.66. The third-order valence-corrected chi connectivity index (χ3v) is 5.40. The highest BCUT2D eigenvalue weighted by Crippen LogP contribution is 2.26. The van der Waals surface area contributed by atoms with E-state index in [1.54, 1.807) is 21.9 Å². The summed E-state index contributed by atoms with van der Waals surface area (Å²) in [4.78, 5) is 40.4. The highest BCUT2D eigenvalue weighted by molar-refractivity contribution is 5.94. The quantitative estimate of drug-likeness (QED) is 0.898. The molecule has 140 valence electrons. The molecule has 6 nitrogen and oxygen atoms in total. The van der Waals surface area contributed by atoms with Gasteiger partial charge in [0, 0.05) is 31.7 Å². The summed E-state index contributed by atoms with van der Waals surface area (Å²) in [6.45, 7) is 3.94. The monoisotopic (exact) mass is 358 g/mol. The number of hydrogen-bond donors (Lipinski definition) is 1. The highest BCUT2D eigenvalue weighted by Gasteiger charge is 2.36. The van der Waals surface area contributed by atoms with Crippen molar-refractivity contribution in [3.63, 3.8) is 0 Å². The number of rotatable bonds is 3. The van der Waals surface area contributed by atoms with Crippen molar-refractivity contribution in [1.82, 2.24) is 9.80 Å². The summed E-state index contributed by atoms with van der Waals surface area (Å²) in [5.74, 6) is -1.44. The van der Waals surface area contributed by atoms with Crippen LogP contribution >= 0.6 is 0 Å². The molecular formula is C20H26N2O4. The summed E-state index contributed by atoms with van der Waals surface area (Å²) >= 11 is 0. The zero-order valence-corrected chi connectivity index (χ0v) is 15.1. The van der Waals surface area contributed by atoms with E-state index < -0.39 is 11.9 Å². The fourth-order valence-electron chi connectivity index (χ4n) is 4.10. The standard InChI is InChI=1S/C20H26N2O4/c1-14-10-17(20(25)26)13-22(11-14)19(24)16-8-5-9-21(12-16)18(23)15-6-3-2-4-7-15/h2-4,6-7,14,16-17H,5,8-13H2,1H3,(H,25,26). The van der Waals surface area contributed by atoms with E-state index in [1.807, 2.05) is 25.1 Å². The van der Waals surface area contributed by atoms with Crippen LogP contribution < -0.4 is 0 Å². The minimum absolute atomic E-state index is 0.00615. The first-order valence-electron chi connectivity index (χ1n) is 9.31. The summed E-state index contributed by atoms with van der Waals surface area (Å²) in [7, 11) is 0. The van der Waals surface area contributed by atoms with Gasteiger partial charge in [-0.2, -0.15) is 0 Å². The first-order chi connectivity index (χ1) is 12.5.